The fourth-order valence-corrected chi connectivity index (χ4v) is 1.44. The van der Waals surface area contributed by atoms with Crippen LogP contribution in [0.15, 0.2) is 24.3 Å². The molecule has 0 bridgehead atoms. The predicted octanol–water partition coefficient (Wildman–Crippen LogP) is 0.547. The van der Waals surface area contributed by atoms with Crippen molar-refractivity contribution in [2.24, 2.45) is 0 Å². The second kappa shape index (κ2) is 6.76. The minimum atomic E-state index is -0.442. The van der Waals surface area contributed by atoms with Gasteiger partial charge >= 0.3 is 0 Å². The second-order valence-electron chi connectivity index (χ2n) is 4.05. The van der Waals surface area contributed by atoms with Crippen molar-refractivity contribution in [1.82, 2.24) is 10.6 Å². The monoisotopic (exact) mass is 250 g/mol. The van der Waals surface area contributed by atoms with Gasteiger partial charge in [-0.15, -0.1) is 0 Å². The first-order chi connectivity index (χ1) is 8.54. The highest BCUT2D eigenvalue weighted by Gasteiger charge is 2.09. The van der Waals surface area contributed by atoms with Gasteiger partial charge in [-0.05, 0) is 31.5 Å². The zero-order valence-corrected chi connectivity index (χ0v) is 10.6. The molecule has 1 rings (SSSR count). The van der Waals surface area contributed by atoms with Crippen LogP contribution in [-0.4, -0.2) is 36.6 Å². The molecule has 0 fully saturated rings. The van der Waals surface area contributed by atoms with Crippen molar-refractivity contribution in [2.75, 3.05) is 13.6 Å². The quantitative estimate of drug-likeness (QED) is 0.714. The van der Waals surface area contributed by atoms with Gasteiger partial charge in [0.15, 0.2) is 0 Å². The van der Waals surface area contributed by atoms with E-state index >= 15 is 0 Å². The maximum Gasteiger partial charge on any atom is 0.251 e. The third-order valence-electron chi connectivity index (χ3n) is 2.46. The van der Waals surface area contributed by atoms with E-state index in [1.54, 1.807) is 25.1 Å². The summed E-state index contributed by atoms with van der Waals surface area (Å²) in [6, 6.07) is 6.49. The average molecular weight is 250 g/mol. The molecule has 3 N–H and O–H groups in total. The summed E-state index contributed by atoms with van der Waals surface area (Å²) >= 11 is 0. The Morgan fingerprint density at radius 2 is 1.89 bits per heavy atom. The number of rotatable bonds is 5. The molecule has 5 heteroatoms. The minimum Gasteiger partial charge on any atom is -0.393 e. The summed E-state index contributed by atoms with van der Waals surface area (Å²) < 4.78 is 0. The van der Waals surface area contributed by atoms with Crippen molar-refractivity contribution in [2.45, 2.75) is 19.4 Å². The molecule has 1 atom stereocenters. The van der Waals surface area contributed by atoms with Gasteiger partial charge in [-0.2, -0.15) is 0 Å². The molecule has 0 saturated carbocycles. The summed E-state index contributed by atoms with van der Waals surface area (Å²) in [5.74, 6) is -0.477. The molecular formula is C13H18N2O3. The molecule has 1 aromatic carbocycles. The Hall–Kier alpha value is -1.88. The summed E-state index contributed by atoms with van der Waals surface area (Å²) in [7, 11) is 1.54. The topological polar surface area (TPSA) is 78.4 Å². The van der Waals surface area contributed by atoms with E-state index in [9.17, 15) is 9.59 Å². The van der Waals surface area contributed by atoms with Crippen molar-refractivity contribution in [1.29, 1.82) is 0 Å². The molecular weight excluding hydrogens is 232 g/mol. The Bertz CT molecular complexity index is 430. The van der Waals surface area contributed by atoms with Gasteiger partial charge in [0.2, 0.25) is 0 Å². The summed E-state index contributed by atoms with van der Waals surface area (Å²) in [6.45, 7) is 2.07. The number of carbonyl (C=O) groups excluding carboxylic acids is 2. The molecule has 0 aromatic heterocycles. The summed E-state index contributed by atoms with van der Waals surface area (Å²) in [6.07, 6.45) is 0.0587. The highest BCUT2D eigenvalue weighted by Crippen LogP contribution is 2.05. The van der Waals surface area contributed by atoms with Gasteiger partial charge in [-0.1, -0.05) is 6.07 Å². The van der Waals surface area contributed by atoms with Gasteiger partial charge < -0.3 is 15.7 Å². The zero-order chi connectivity index (χ0) is 13.5. The third-order valence-corrected chi connectivity index (χ3v) is 2.46. The Balaban J connectivity index is 2.65. The summed E-state index contributed by atoms with van der Waals surface area (Å²) in [5.41, 5.74) is 0.877. The molecule has 1 unspecified atom stereocenters. The Labute approximate surface area is 106 Å². The molecule has 0 saturated heterocycles. The van der Waals surface area contributed by atoms with Gasteiger partial charge in [0, 0.05) is 24.7 Å². The zero-order valence-electron chi connectivity index (χ0n) is 10.6. The molecule has 2 amide bonds. The minimum absolute atomic E-state index is 0.228. The number of nitrogens with one attached hydrogen (secondary N) is 2. The van der Waals surface area contributed by atoms with Gasteiger partial charge in [0.05, 0.1) is 6.10 Å². The molecule has 18 heavy (non-hydrogen) atoms. The number of amides is 2. The second-order valence-corrected chi connectivity index (χ2v) is 4.05. The smallest absolute Gasteiger partial charge is 0.251 e. The lowest BCUT2D eigenvalue weighted by Gasteiger charge is -2.07. The fourth-order valence-electron chi connectivity index (χ4n) is 1.44. The summed E-state index contributed by atoms with van der Waals surface area (Å²) in [4.78, 5) is 23.2. The Morgan fingerprint density at radius 3 is 2.44 bits per heavy atom. The first kappa shape index (κ1) is 14.2. The van der Waals surface area contributed by atoms with Crippen molar-refractivity contribution < 1.29 is 14.7 Å². The van der Waals surface area contributed by atoms with E-state index in [0.29, 0.717) is 24.1 Å². The molecule has 5 nitrogen and oxygen atoms in total. The van der Waals surface area contributed by atoms with E-state index < -0.39 is 6.10 Å². The van der Waals surface area contributed by atoms with E-state index in [2.05, 4.69) is 10.6 Å². The maximum absolute atomic E-state index is 11.8. The van der Waals surface area contributed by atoms with Crippen molar-refractivity contribution in [3.8, 4) is 0 Å². The first-order valence-corrected chi connectivity index (χ1v) is 5.83. The maximum atomic E-state index is 11.8. The molecule has 0 radical (unpaired) electrons. The van der Waals surface area contributed by atoms with Crippen LogP contribution < -0.4 is 10.6 Å². The van der Waals surface area contributed by atoms with E-state index in [1.165, 1.54) is 13.1 Å². The van der Waals surface area contributed by atoms with Gasteiger partial charge in [-0.3, -0.25) is 9.59 Å². The normalized spacial score (nSPS) is 11.7. The average Bonchev–Trinajstić information content (AvgIpc) is 2.37. The standard InChI is InChI=1S/C13H18N2O3/c1-9(16)6-7-15-13(18)11-5-3-4-10(8-11)12(17)14-2/h3-5,8-9,16H,6-7H2,1-2H3,(H,14,17)(H,15,18). The third kappa shape index (κ3) is 4.18. The number of hydrogen-bond acceptors (Lipinski definition) is 3. The van der Waals surface area contributed by atoms with Crippen LogP contribution in [-0.2, 0) is 0 Å². The molecule has 0 aliphatic rings. The Morgan fingerprint density at radius 1 is 1.28 bits per heavy atom. The molecule has 0 heterocycles. The number of carbonyl (C=O) groups is 2. The molecule has 0 spiro atoms. The highest BCUT2D eigenvalue weighted by atomic mass is 16.3. The van der Waals surface area contributed by atoms with Crippen molar-refractivity contribution >= 4 is 11.8 Å². The van der Waals surface area contributed by atoms with Crippen LogP contribution in [0, 0.1) is 0 Å². The summed E-state index contributed by atoms with van der Waals surface area (Å²) in [5, 5.41) is 14.3. The van der Waals surface area contributed by atoms with Gasteiger partial charge in [0.25, 0.3) is 11.8 Å². The predicted molar refractivity (Wildman–Crippen MR) is 68.5 cm³/mol. The van der Waals surface area contributed by atoms with Crippen molar-refractivity contribution in [3.63, 3.8) is 0 Å². The van der Waals surface area contributed by atoms with Crippen molar-refractivity contribution in [3.05, 3.63) is 35.4 Å². The number of benzene rings is 1. The van der Waals surface area contributed by atoms with Crippen LogP contribution in [0.3, 0.4) is 0 Å². The van der Waals surface area contributed by atoms with Crippen LogP contribution >= 0.6 is 0 Å². The van der Waals surface area contributed by atoms with E-state index in [4.69, 9.17) is 5.11 Å². The number of aliphatic hydroxyl groups excluding tert-OH is 1. The van der Waals surface area contributed by atoms with Gasteiger partial charge in [-0.25, -0.2) is 0 Å². The van der Waals surface area contributed by atoms with Crippen LogP contribution in [0.5, 0.6) is 0 Å². The molecule has 98 valence electrons. The highest BCUT2D eigenvalue weighted by molar-refractivity contribution is 5.99. The van der Waals surface area contributed by atoms with Crippen LogP contribution in [0.25, 0.3) is 0 Å². The van der Waals surface area contributed by atoms with Crippen LogP contribution in [0.1, 0.15) is 34.1 Å². The molecule has 0 aliphatic heterocycles. The first-order valence-electron chi connectivity index (χ1n) is 5.83. The molecule has 1 aromatic rings. The lowest BCUT2D eigenvalue weighted by molar-refractivity contribution is 0.0945. The van der Waals surface area contributed by atoms with E-state index in [1.807, 2.05) is 0 Å². The van der Waals surface area contributed by atoms with Gasteiger partial charge in [0.1, 0.15) is 0 Å². The number of aliphatic hydroxyl groups is 1. The lowest BCUT2D eigenvalue weighted by atomic mass is 10.1. The Kier molecular flexibility index (Phi) is 5.32. The van der Waals surface area contributed by atoms with Crippen LogP contribution in [0.4, 0.5) is 0 Å². The SMILES string of the molecule is CNC(=O)c1cccc(C(=O)NCCC(C)O)c1. The fraction of sp³-hybridized carbons (Fsp3) is 0.385. The van der Waals surface area contributed by atoms with E-state index in [-0.39, 0.29) is 11.8 Å². The van der Waals surface area contributed by atoms with Crippen LogP contribution in [0.2, 0.25) is 0 Å². The lowest BCUT2D eigenvalue weighted by Crippen LogP contribution is -2.27. The largest absolute Gasteiger partial charge is 0.393 e. The molecule has 0 aliphatic carbocycles. The number of hydrogen-bond donors (Lipinski definition) is 3. The van der Waals surface area contributed by atoms with E-state index in [0.717, 1.165) is 0 Å².